The van der Waals surface area contributed by atoms with Gasteiger partial charge in [-0.15, -0.1) is 0 Å². The van der Waals surface area contributed by atoms with Crippen LogP contribution < -0.4 is 0 Å². The van der Waals surface area contributed by atoms with Gasteiger partial charge in [-0.1, -0.05) is 69.2 Å². The van der Waals surface area contributed by atoms with E-state index in [9.17, 15) is 0 Å². The average molecular weight is 297 g/mol. The quantitative estimate of drug-likeness (QED) is 0.657. The van der Waals surface area contributed by atoms with Crippen molar-refractivity contribution >= 4 is 0 Å². The van der Waals surface area contributed by atoms with Gasteiger partial charge in [0.05, 0.1) is 0 Å². The van der Waals surface area contributed by atoms with E-state index in [2.05, 4.69) is 62.1 Å². The van der Waals surface area contributed by atoms with E-state index < -0.39 is 0 Å². The third-order valence-electron chi connectivity index (χ3n) is 5.26. The van der Waals surface area contributed by atoms with Gasteiger partial charge in [0.25, 0.3) is 0 Å². The molecule has 0 spiro atoms. The van der Waals surface area contributed by atoms with Crippen LogP contribution in [-0.2, 0) is 6.54 Å². The summed E-state index contributed by atoms with van der Waals surface area (Å²) in [7, 11) is 0. The Kier molecular flexibility index (Phi) is 4.73. The Balaban J connectivity index is 1.68. The highest BCUT2D eigenvalue weighted by Gasteiger charge is 2.33. The molecule has 0 aromatic heterocycles. The Bertz CT molecular complexity index is 508. The summed E-state index contributed by atoms with van der Waals surface area (Å²) in [5.41, 5.74) is 3.65. The maximum Gasteiger partial charge on any atom is 0.0287 e. The molecule has 1 aromatic carbocycles. The van der Waals surface area contributed by atoms with Crippen molar-refractivity contribution in [1.82, 2.24) is 4.90 Å². The van der Waals surface area contributed by atoms with Crippen LogP contribution >= 0.6 is 0 Å². The molecule has 0 radical (unpaired) electrons. The van der Waals surface area contributed by atoms with E-state index in [4.69, 9.17) is 0 Å². The molecular weight excluding hydrogens is 266 g/mol. The summed E-state index contributed by atoms with van der Waals surface area (Å²) in [6.07, 6.45) is 10.7. The van der Waals surface area contributed by atoms with Gasteiger partial charge in [-0.2, -0.15) is 0 Å². The highest BCUT2D eigenvalue weighted by Crippen LogP contribution is 2.37. The number of benzene rings is 1. The summed E-state index contributed by atoms with van der Waals surface area (Å²) in [4.78, 5) is 2.76. The van der Waals surface area contributed by atoms with Crippen LogP contribution in [0, 0.1) is 5.41 Å². The van der Waals surface area contributed by atoms with Crippen LogP contribution in [0.4, 0.5) is 0 Å². The number of hydrogen-bond donors (Lipinski definition) is 0. The Hall–Kier alpha value is -1.08. The monoisotopic (exact) mass is 297 g/mol. The molecule has 2 unspecified atom stereocenters. The number of hydrogen-bond acceptors (Lipinski definition) is 1. The van der Waals surface area contributed by atoms with E-state index >= 15 is 0 Å². The van der Waals surface area contributed by atoms with Crippen LogP contribution in [0.5, 0.6) is 0 Å². The molecule has 120 valence electrons. The van der Waals surface area contributed by atoms with Crippen LogP contribution in [0.15, 0.2) is 42.0 Å². The van der Waals surface area contributed by atoms with Crippen molar-refractivity contribution in [2.45, 2.75) is 77.9 Å². The highest BCUT2D eigenvalue weighted by atomic mass is 15.2. The zero-order valence-corrected chi connectivity index (χ0v) is 14.5. The minimum Gasteiger partial charge on any atom is -0.289 e. The zero-order chi connectivity index (χ0) is 15.6. The van der Waals surface area contributed by atoms with Crippen molar-refractivity contribution < 1.29 is 0 Å². The Morgan fingerprint density at radius 1 is 1.09 bits per heavy atom. The summed E-state index contributed by atoms with van der Waals surface area (Å²) in [5.74, 6) is 0. The summed E-state index contributed by atoms with van der Waals surface area (Å²) < 4.78 is 0. The van der Waals surface area contributed by atoms with Crippen LogP contribution in [-0.4, -0.2) is 17.0 Å². The molecule has 1 nitrogen and oxygen atoms in total. The molecule has 2 aliphatic rings. The molecule has 2 atom stereocenters. The first kappa shape index (κ1) is 15.8. The van der Waals surface area contributed by atoms with Crippen molar-refractivity contribution in [1.29, 1.82) is 0 Å². The fourth-order valence-corrected chi connectivity index (χ4v) is 3.97. The molecule has 1 fully saturated rings. The highest BCUT2D eigenvalue weighted by molar-refractivity contribution is 5.20. The number of nitrogens with zero attached hydrogens (tertiary/aromatic N) is 1. The van der Waals surface area contributed by atoms with Gasteiger partial charge in [0.1, 0.15) is 0 Å². The van der Waals surface area contributed by atoms with Crippen LogP contribution in [0.1, 0.15) is 64.9 Å². The van der Waals surface area contributed by atoms with Crippen molar-refractivity contribution in [2.24, 2.45) is 5.41 Å². The van der Waals surface area contributed by atoms with E-state index in [1.54, 1.807) is 5.57 Å². The van der Waals surface area contributed by atoms with Gasteiger partial charge < -0.3 is 0 Å². The molecule has 1 heteroatoms. The van der Waals surface area contributed by atoms with Gasteiger partial charge in [0.15, 0.2) is 0 Å². The average Bonchev–Trinajstić information content (AvgIpc) is 2.45. The lowest BCUT2D eigenvalue weighted by Gasteiger charge is -2.45. The summed E-state index contributed by atoms with van der Waals surface area (Å²) in [6, 6.07) is 12.5. The molecular formula is C21H31N. The van der Waals surface area contributed by atoms with Gasteiger partial charge in [0.2, 0.25) is 0 Å². The first-order chi connectivity index (χ1) is 10.5. The Morgan fingerprint density at radius 2 is 1.86 bits per heavy atom. The number of piperidine rings is 1. The molecule has 0 amide bonds. The lowest BCUT2D eigenvalue weighted by atomic mass is 9.81. The minimum absolute atomic E-state index is 0.455. The maximum absolute atomic E-state index is 2.76. The first-order valence-electron chi connectivity index (χ1n) is 9.00. The third kappa shape index (κ3) is 4.01. The van der Waals surface area contributed by atoms with Gasteiger partial charge in [-0.05, 0) is 43.1 Å². The molecule has 1 saturated heterocycles. The fourth-order valence-electron chi connectivity index (χ4n) is 3.97. The lowest BCUT2D eigenvalue weighted by molar-refractivity contribution is 0.0871. The zero-order valence-electron chi connectivity index (χ0n) is 14.5. The van der Waals surface area contributed by atoms with E-state index in [0.717, 1.165) is 12.6 Å². The molecule has 2 heterocycles. The predicted molar refractivity (Wildman–Crippen MR) is 94.8 cm³/mol. The minimum atomic E-state index is 0.455. The standard InChI is InChI=1S/C21H31N/c1-21(2,3)13-12-18-14-19-10-7-11-20(15-18)22(19)16-17-8-5-4-6-9-17/h4-6,8-9,14,19-20H,7,10-13,15-16H2,1-3H3. The summed E-state index contributed by atoms with van der Waals surface area (Å²) >= 11 is 0. The SMILES string of the molecule is CC(C)(C)CCC1=CC2CCCC(C1)N2Cc1ccccc1. The number of fused-ring (bicyclic) bond motifs is 2. The van der Waals surface area contributed by atoms with E-state index in [-0.39, 0.29) is 0 Å². The maximum atomic E-state index is 2.76. The normalized spacial score (nSPS) is 25.9. The molecule has 2 bridgehead atoms. The Labute approximate surface area is 136 Å². The van der Waals surface area contributed by atoms with Gasteiger partial charge in [0, 0.05) is 18.6 Å². The fraction of sp³-hybridized carbons (Fsp3) is 0.619. The van der Waals surface area contributed by atoms with Gasteiger partial charge in [-0.3, -0.25) is 4.90 Å². The smallest absolute Gasteiger partial charge is 0.0287 e. The second-order valence-corrected chi connectivity index (χ2v) is 8.40. The van der Waals surface area contributed by atoms with Crippen molar-refractivity contribution in [3.63, 3.8) is 0 Å². The van der Waals surface area contributed by atoms with E-state index in [0.29, 0.717) is 11.5 Å². The molecule has 0 aliphatic carbocycles. The van der Waals surface area contributed by atoms with Crippen LogP contribution in [0.2, 0.25) is 0 Å². The second-order valence-electron chi connectivity index (χ2n) is 8.40. The second kappa shape index (κ2) is 6.58. The third-order valence-corrected chi connectivity index (χ3v) is 5.26. The van der Waals surface area contributed by atoms with Crippen molar-refractivity contribution in [3.05, 3.63) is 47.5 Å². The summed E-state index contributed by atoms with van der Waals surface area (Å²) in [5, 5.41) is 0. The summed E-state index contributed by atoms with van der Waals surface area (Å²) in [6.45, 7) is 8.20. The Morgan fingerprint density at radius 3 is 2.55 bits per heavy atom. The van der Waals surface area contributed by atoms with E-state index in [1.807, 2.05) is 0 Å². The largest absolute Gasteiger partial charge is 0.289 e. The first-order valence-corrected chi connectivity index (χ1v) is 9.00. The van der Waals surface area contributed by atoms with Crippen LogP contribution in [0.3, 0.4) is 0 Å². The molecule has 3 rings (SSSR count). The molecule has 2 aliphatic heterocycles. The van der Waals surface area contributed by atoms with E-state index in [1.165, 1.54) is 44.1 Å². The molecule has 0 N–H and O–H groups in total. The number of rotatable bonds is 4. The van der Waals surface area contributed by atoms with Crippen molar-refractivity contribution in [2.75, 3.05) is 0 Å². The molecule has 0 saturated carbocycles. The van der Waals surface area contributed by atoms with Gasteiger partial charge >= 0.3 is 0 Å². The lowest BCUT2D eigenvalue weighted by Crippen LogP contribution is -2.48. The molecule has 1 aromatic rings. The topological polar surface area (TPSA) is 3.24 Å². The van der Waals surface area contributed by atoms with Crippen LogP contribution in [0.25, 0.3) is 0 Å². The van der Waals surface area contributed by atoms with Crippen molar-refractivity contribution in [3.8, 4) is 0 Å². The predicted octanol–water partition coefficient (Wildman–Crippen LogP) is 5.57. The molecule has 22 heavy (non-hydrogen) atoms. The van der Waals surface area contributed by atoms with Gasteiger partial charge in [-0.25, -0.2) is 0 Å².